The molecule has 0 amide bonds. The van der Waals surface area contributed by atoms with Gasteiger partial charge in [-0.05, 0) is 51.1 Å². The molecular formula is C18H30N2O3. The minimum absolute atomic E-state index is 0.196. The maximum Gasteiger partial charge on any atom is 0.348 e. The van der Waals surface area contributed by atoms with E-state index in [4.69, 9.17) is 9.47 Å². The zero-order chi connectivity index (χ0) is 16.9. The maximum atomic E-state index is 12.1. The van der Waals surface area contributed by atoms with E-state index in [0.29, 0.717) is 19.3 Å². The van der Waals surface area contributed by atoms with Gasteiger partial charge in [-0.2, -0.15) is 5.26 Å². The molecule has 0 spiro atoms. The molecule has 0 saturated heterocycles. The fraction of sp³-hybridized carbons (Fsp3) is 0.778. The normalized spacial score (nSPS) is 20.0. The summed E-state index contributed by atoms with van der Waals surface area (Å²) in [6.07, 6.45) is 7.33. The quantitative estimate of drug-likeness (QED) is 0.290. The van der Waals surface area contributed by atoms with Crippen LogP contribution in [0.2, 0.25) is 0 Å². The largest absolute Gasteiger partial charge is 0.459 e. The number of nitrogens with one attached hydrogen (secondary N) is 1. The summed E-state index contributed by atoms with van der Waals surface area (Å²) >= 11 is 0. The van der Waals surface area contributed by atoms with E-state index < -0.39 is 5.97 Å². The Morgan fingerprint density at radius 3 is 2.87 bits per heavy atom. The van der Waals surface area contributed by atoms with Gasteiger partial charge >= 0.3 is 5.97 Å². The van der Waals surface area contributed by atoms with Gasteiger partial charge in [0, 0.05) is 12.6 Å². The molecular weight excluding hydrogens is 292 g/mol. The summed E-state index contributed by atoms with van der Waals surface area (Å²) in [7, 11) is 0. The molecule has 0 heterocycles. The van der Waals surface area contributed by atoms with Crippen molar-refractivity contribution in [2.24, 2.45) is 0 Å². The topological polar surface area (TPSA) is 71.4 Å². The Morgan fingerprint density at radius 2 is 2.17 bits per heavy atom. The summed E-state index contributed by atoms with van der Waals surface area (Å²) in [5.41, 5.74) is 1.13. The molecule has 5 heteroatoms. The molecule has 0 aromatic heterocycles. The van der Waals surface area contributed by atoms with Crippen LogP contribution < -0.4 is 5.32 Å². The summed E-state index contributed by atoms with van der Waals surface area (Å²) in [5, 5.41) is 12.9. The Morgan fingerprint density at radius 1 is 1.35 bits per heavy atom. The van der Waals surface area contributed by atoms with Crippen LogP contribution in [-0.4, -0.2) is 38.4 Å². The summed E-state index contributed by atoms with van der Waals surface area (Å²) in [6, 6.07) is 2.42. The zero-order valence-corrected chi connectivity index (χ0v) is 14.5. The molecule has 130 valence electrons. The van der Waals surface area contributed by atoms with Crippen LogP contribution in [0.3, 0.4) is 0 Å². The molecule has 23 heavy (non-hydrogen) atoms. The van der Waals surface area contributed by atoms with Crippen LogP contribution in [0.5, 0.6) is 0 Å². The van der Waals surface area contributed by atoms with Crippen LogP contribution in [0, 0.1) is 11.3 Å². The van der Waals surface area contributed by atoms with Gasteiger partial charge in [0.2, 0.25) is 0 Å². The minimum Gasteiger partial charge on any atom is -0.459 e. The molecule has 1 atom stereocenters. The second kappa shape index (κ2) is 12.1. The lowest BCUT2D eigenvalue weighted by Gasteiger charge is -2.26. The van der Waals surface area contributed by atoms with Crippen molar-refractivity contribution in [1.29, 1.82) is 5.26 Å². The first-order valence-electron chi connectivity index (χ1n) is 8.83. The molecule has 1 N–H and O–H groups in total. The minimum atomic E-state index is -0.506. The van der Waals surface area contributed by atoms with Gasteiger partial charge in [-0.15, -0.1) is 0 Å². The molecule has 0 bridgehead atoms. The average Bonchev–Trinajstić information content (AvgIpc) is 2.57. The average molecular weight is 322 g/mol. The first-order chi connectivity index (χ1) is 11.2. The molecule has 5 nitrogen and oxygen atoms in total. The van der Waals surface area contributed by atoms with Gasteiger partial charge in [-0.3, -0.25) is 0 Å². The van der Waals surface area contributed by atoms with E-state index in [2.05, 4.69) is 12.2 Å². The highest BCUT2D eigenvalue weighted by molar-refractivity contribution is 5.93. The highest BCUT2D eigenvalue weighted by Crippen LogP contribution is 2.26. The Kier molecular flexibility index (Phi) is 10.3. The third kappa shape index (κ3) is 7.62. The molecule has 0 aromatic rings. The molecule has 0 aliphatic heterocycles. The molecule has 1 unspecified atom stereocenters. The smallest absolute Gasteiger partial charge is 0.348 e. The van der Waals surface area contributed by atoms with Crippen molar-refractivity contribution in [2.75, 3.05) is 26.4 Å². The third-order valence-electron chi connectivity index (χ3n) is 4.07. The number of hydrogen-bond donors (Lipinski definition) is 1. The van der Waals surface area contributed by atoms with Crippen molar-refractivity contribution in [3.05, 3.63) is 11.1 Å². The predicted octanol–water partition coefficient (Wildman–Crippen LogP) is 3.11. The lowest BCUT2D eigenvalue weighted by molar-refractivity contribution is -0.140. The fourth-order valence-electron chi connectivity index (χ4n) is 2.82. The molecule has 1 rings (SSSR count). The molecule has 1 fully saturated rings. The van der Waals surface area contributed by atoms with Gasteiger partial charge in [-0.25, -0.2) is 4.79 Å². The van der Waals surface area contributed by atoms with Gasteiger partial charge in [-0.1, -0.05) is 19.8 Å². The van der Waals surface area contributed by atoms with E-state index in [0.717, 1.165) is 37.8 Å². The second-order valence-corrected chi connectivity index (χ2v) is 5.88. The van der Waals surface area contributed by atoms with Crippen molar-refractivity contribution >= 4 is 5.97 Å². The lowest BCUT2D eigenvalue weighted by atomic mass is 9.87. The van der Waals surface area contributed by atoms with Crippen molar-refractivity contribution in [2.45, 2.75) is 64.8 Å². The monoisotopic (exact) mass is 322 g/mol. The first kappa shape index (κ1) is 19.7. The van der Waals surface area contributed by atoms with Crippen molar-refractivity contribution in [3.63, 3.8) is 0 Å². The van der Waals surface area contributed by atoms with E-state index in [9.17, 15) is 10.1 Å². The number of carbonyl (C=O) groups excluding carboxylic acids is 1. The summed E-state index contributed by atoms with van der Waals surface area (Å²) in [5.74, 6) is -0.506. The molecule has 0 radical (unpaired) electrons. The Bertz CT molecular complexity index is 426. The summed E-state index contributed by atoms with van der Waals surface area (Å²) in [6.45, 7) is 6.25. The lowest BCUT2D eigenvalue weighted by Crippen LogP contribution is -2.33. The first-order valence-corrected chi connectivity index (χ1v) is 8.83. The van der Waals surface area contributed by atoms with Crippen LogP contribution >= 0.6 is 0 Å². The number of nitriles is 1. The van der Waals surface area contributed by atoms with E-state index >= 15 is 0 Å². The Labute approximate surface area is 140 Å². The number of ether oxygens (including phenoxy) is 2. The van der Waals surface area contributed by atoms with Crippen LogP contribution in [0.15, 0.2) is 11.1 Å². The Hall–Kier alpha value is -1.38. The fourth-order valence-corrected chi connectivity index (χ4v) is 2.82. The SMILES string of the molecule is CCCCCNC1CCC/C(=C(/C#N)C(=O)OCCOCC)C1. The van der Waals surface area contributed by atoms with Gasteiger partial charge in [0.15, 0.2) is 0 Å². The molecule has 0 aromatic carbocycles. The van der Waals surface area contributed by atoms with Crippen LogP contribution in [-0.2, 0) is 14.3 Å². The number of carbonyl (C=O) groups is 1. The van der Waals surface area contributed by atoms with Crippen LogP contribution in [0.1, 0.15) is 58.8 Å². The van der Waals surface area contributed by atoms with E-state index in [1.165, 1.54) is 19.3 Å². The Balaban J connectivity index is 2.51. The summed E-state index contributed by atoms with van der Waals surface area (Å²) < 4.78 is 10.3. The van der Waals surface area contributed by atoms with E-state index in [1.807, 2.05) is 13.0 Å². The van der Waals surface area contributed by atoms with E-state index in [-0.39, 0.29) is 12.2 Å². The van der Waals surface area contributed by atoms with Gasteiger partial charge in [0.05, 0.1) is 6.61 Å². The van der Waals surface area contributed by atoms with Crippen molar-refractivity contribution < 1.29 is 14.3 Å². The number of esters is 1. The maximum absolute atomic E-state index is 12.1. The van der Waals surface area contributed by atoms with Gasteiger partial charge < -0.3 is 14.8 Å². The van der Waals surface area contributed by atoms with Crippen LogP contribution in [0.4, 0.5) is 0 Å². The van der Waals surface area contributed by atoms with Gasteiger partial charge in [0.25, 0.3) is 0 Å². The molecule has 1 aliphatic carbocycles. The van der Waals surface area contributed by atoms with E-state index in [1.54, 1.807) is 0 Å². The zero-order valence-electron chi connectivity index (χ0n) is 14.5. The number of rotatable bonds is 10. The highest BCUT2D eigenvalue weighted by atomic mass is 16.6. The second-order valence-electron chi connectivity index (χ2n) is 5.88. The predicted molar refractivity (Wildman–Crippen MR) is 89.9 cm³/mol. The molecule has 1 aliphatic rings. The summed E-state index contributed by atoms with van der Waals surface area (Å²) in [4.78, 5) is 12.1. The number of hydrogen-bond acceptors (Lipinski definition) is 5. The van der Waals surface area contributed by atoms with Crippen molar-refractivity contribution in [3.8, 4) is 6.07 Å². The standard InChI is InChI=1S/C18H30N2O3/c1-3-5-6-10-20-16-9-7-8-15(13-16)17(14-19)18(21)23-12-11-22-4-2/h16,20H,3-13H2,1-2H3/b17-15+. The highest BCUT2D eigenvalue weighted by Gasteiger charge is 2.23. The molecule has 1 saturated carbocycles. The number of nitrogens with zero attached hydrogens (tertiary/aromatic N) is 1. The third-order valence-corrected chi connectivity index (χ3v) is 4.07. The van der Waals surface area contributed by atoms with Crippen molar-refractivity contribution in [1.82, 2.24) is 5.32 Å². The van der Waals surface area contributed by atoms with Gasteiger partial charge in [0.1, 0.15) is 18.2 Å². The number of unbranched alkanes of at least 4 members (excludes halogenated alkanes) is 2. The van der Waals surface area contributed by atoms with Crippen LogP contribution in [0.25, 0.3) is 0 Å².